The molecule has 72 valence electrons. The average Bonchev–Trinajstić information content (AvgIpc) is 2.70. The van der Waals surface area contributed by atoms with Crippen LogP contribution in [0.3, 0.4) is 0 Å². The van der Waals surface area contributed by atoms with Crippen molar-refractivity contribution in [2.45, 2.75) is 18.1 Å². The van der Waals surface area contributed by atoms with E-state index < -0.39 is 0 Å². The first-order valence-corrected chi connectivity index (χ1v) is 5.47. The lowest BCUT2D eigenvalue weighted by Crippen LogP contribution is -2.15. The van der Waals surface area contributed by atoms with Crippen molar-refractivity contribution >= 4 is 11.8 Å². The summed E-state index contributed by atoms with van der Waals surface area (Å²) in [6.07, 6.45) is 3.57. The van der Waals surface area contributed by atoms with Crippen LogP contribution in [0, 0.1) is 11.3 Å². The number of hydrogen-bond donors (Lipinski definition) is 1. The quantitative estimate of drug-likeness (QED) is 0.751. The highest BCUT2D eigenvalue weighted by Gasteiger charge is 2.20. The minimum Gasteiger partial charge on any atom is -0.308 e. The lowest BCUT2D eigenvalue weighted by atomic mass is 10.2. The maximum absolute atomic E-state index is 11.3. The molecule has 1 saturated heterocycles. The molecular formula is C9H9N3OS. The van der Waals surface area contributed by atoms with Gasteiger partial charge in [0.15, 0.2) is 0 Å². The Morgan fingerprint density at radius 3 is 3.14 bits per heavy atom. The van der Waals surface area contributed by atoms with Crippen LogP contribution < -0.4 is 5.56 Å². The third-order valence-electron chi connectivity index (χ3n) is 2.17. The lowest BCUT2D eigenvalue weighted by molar-refractivity contribution is 0.770. The summed E-state index contributed by atoms with van der Waals surface area (Å²) in [7, 11) is 0. The van der Waals surface area contributed by atoms with E-state index in [1.807, 2.05) is 0 Å². The van der Waals surface area contributed by atoms with Crippen LogP contribution in [0.4, 0.5) is 0 Å². The summed E-state index contributed by atoms with van der Waals surface area (Å²) in [4.78, 5) is 18.1. The summed E-state index contributed by atoms with van der Waals surface area (Å²) in [6, 6.07) is 1.80. The Kier molecular flexibility index (Phi) is 2.55. The number of aromatic amines is 1. The monoisotopic (exact) mass is 207 g/mol. The number of hydrogen-bond acceptors (Lipinski definition) is 4. The molecule has 1 aliphatic rings. The number of aromatic nitrogens is 2. The normalized spacial score (nSPS) is 20.6. The summed E-state index contributed by atoms with van der Waals surface area (Å²) in [6.45, 7) is 0. The molecule has 0 bridgehead atoms. The second kappa shape index (κ2) is 3.84. The number of nitriles is 1. The number of H-pyrrole nitrogens is 1. The number of rotatable bonds is 1. The lowest BCUT2D eigenvalue weighted by Gasteiger charge is -2.05. The third-order valence-corrected chi connectivity index (χ3v) is 3.56. The highest BCUT2D eigenvalue weighted by atomic mass is 32.2. The molecule has 1 fully saturated rings. The molecular weight excluding hydrogens is 198 g/mol. The summed E-state index contributed by atoms with van der Waals surface area (Å²) in [5.41, 5.74) is -0.248. The molecule has 0 aromatic carbocycles. The van der Waals surface area contributed by atoms with Crippen molar-refractivity contribution in [3.63, 3.8) is 0 Å². The van der Waals surface area contributed by atoms with Crippen LogP contribution >= 0.6 is 11.8 Å². The fourth-order valence-electron chi connectivity index (χ4n) is 1.45. The van der Waals surface area contributed by atoms with E-state index in [2.05, 4.69) is 9.97 Å². The molecule has 4 nitrogen and oxygen atoms in total. The summed E-state index contributed by atoms with van der Waals surface area (Å²) in [5.74, 6) is 1.82. The Hall–Kier alpha value is -1.28. The van der Waals surface area contributed by atoms with Crippen molar-refractivity contribution in [3.8, 4) is 6.07 Å². The van der Waals surface area contributed by atoms with Gasteiger partial charge in [0.05, 0.1) is 11.4 Å². The zero-order chi connectivity index (χ0) is 9.97. The second-order valence-electron chi connectivity index (χ2n) is 3.12. The number of thioether (sulfide) groups is 1. The van der Waals surface area contributed by atoms with Crippen LogP contribution in [0.15, 0.2) is 11.0 Å². The minimum absolute atomic E-state index is 0.0803. The van der Waals surface area contributed by atoms with Crippen LogP contribution in [-0.4, -0.2) is 15.7 Å². The molecule has 0 saturated carbocycles. The van der Waals surface area contributed by atoms with Crippen molar-refractivity contribution in [2.24, 2.45) is 0 Å². The molecule has 0 aliphatic carbocycles. The van der Waals surface area contributed by atoms with E-state index in [9.17, 15) is 4.79 Å². The van der Waals surface area contributed by atoms with Gasteiger partial charge in [0.1, 0.15) is 17.5 Å². The molecule has 2 heterocycles. The molecule has 1 N–H and O–H groups in total. The van der Waals surface area contributed by atoms with Crippen molar-refractivity contribution in [1.82, 2.24) is 9.97 Å². The number of nitrogens with zero attached hydrogens (tertiary/aromatic N) is 2. The van der Waals surface area contributed by atoms with Gasteiger partial charge >= 0.3 is 0 Å². The van der Waals surface area contributed by atoms with Gasteiger partial charge in [-0.05, 0) is 18.6 Å². The maximum Gasteiger partial charge on any atom is 0.268 e. The van der Waals surface area contributed by atoms with Crippen LogP contribution in [0.25, 0.3) is 0 Å². The molecule has 2 rings (SSSR count). The highest BCUT2D eigenvalue weighted by Crippen LogP contribution is 2.37. The van der Waals surface area contributed by atoms with Gasteiger partial charge in [-0.1, -0.05) is 0 Å². The molecule has 0 amide bonds. The van der Waals surface area contributed by atoms with Gasteiger partial charge in [-0.2, -0.15) is 17.0 Å². The zero-order valence-electron chi connectivity index (χ0n) is 7.49. The van der Waals surface area contributed by atoms with Gasteiger partial charge in [-0.25, -0.2) is 4.98 Å². The van der Waals surface area contributed by atoms with Crippen molar-refractivity contribution < 1.29 is 0 Å². The first-order chi connectivity index (χ1) is 6.81. The van der Waals surface area contributed by atoms with Gasteiger partial charge in [-0.15, -0.1) is 0 Å². The van der Waals surface area contributed by atoms with Gasteiger partial charge < -0.3 is 4.98 Å². The molecule has 14 heavy (non-hydrogen) atoms. The fraction of sp³-hybridized carbons (Fsp3) is 0.444. The standard InChI is InChI=1S/C9H9N3OS/c10-4-6-5-11-8(12-9(6)13)7-2-1-3-14-7/h5,7H,1-3H2,(H,11,12,13). The van der Waals surface area contributed by atoms with Crippen LogP contribution in [0.1, 0.15) is 29.5 Å². The molecule has 0 radical (unpaired) electrons. The minimum atomic E-state index is -0.329. The third kappa shape index (κ3) is 1.66. The largest absolute Gasteiger partial charge is 0.308 e. The van der Waals surface area contributed by atoms with E-state index in [4.69, 9.17) is 5.26 Å². The second-order valence-corrected chi connectivity index (χ2v) is 4.44. The molecule has 1 aromatic heterocycles. The smallest absolute Gasteiger partial charge is 0.268 e. The predicted octanol–water partition coefficient (Wildman–Crippen LogP) is 1.21. The summed E-state index contributed by atoms with van der Waals surface area (Å²) < 4.78 is 0. The van der Waals surface area contributed by atoms with E-state index in [1.165, 1.54) is 12.6 Å². The Labute approximate surface area is 85.4 Å². The van der Waals surface area contributed by atoms with Crippen molar-refractivity contribution in [1.29, 1.82) is 5.26 Å². The van der Waals surface area contributed by atoms with Crippen molar-refractivity contribution in [2.75, 3.05) is 5.75 Å². The first kappa shape index (κ1) is 9.28. The Morgan fingerprint density at radius 2 is 2.57 bits per heavy atom. The van der Waals surface area contributed by atoms with Crippen LogP contribution in [-0.2, 0) is 0 Å². The molecule has 1 atom stereocenters. The molecule has 1 aliphatic heterocycles. The summed E-state index contributed by atoms with van der Waals surface area (Å²) in [5, 5.41) is 8.86. The molecule has 1 unspecified atom stereocenters. The molecule has 1 aromatic rings. The van der Waals surface area contributed by atoms with Crippen molar-refractivity contribution in [3.05, 3.63) is 27.9 Å². The maximum atomic E-state index is 11.3. The topological polar surface area (TPSA) is 69.5 Å². The summed E-state index contributed by atoms with van der Waals surface area (Å²) >= 11 is 1.80. The van der Waals surface area contributed by atoms with Gasteiger partial charge in [-0.3, -0.25) is 4.79 Å². The Morgan fingerprint density at radius 1 is 1.71 bits per heavy atom. The van der Waals surface area contributed by atoms with Crippen LogP contribution in [0.2, 0.25) is 0 Å². The highest BCUT2D eigenvalue weighted by molar-refractivity contribution is 7.99. The predicted molar refractivity (Wildman–Crippen MR) is 54.0 cm³/mol. The van der Waals surface area contributed by atoms with E-state index in [0.717, 1.165) is 12.2 Å². The zero-order valence-corrected chi connectivity index (χ0v) is 8.30. The van der Waals surface area contributed by atoms with Gasteiger partial charge in [0, 0.05) is 0 Å². The first-order valence-electron chi connectivity index (χ1n) is 4.42. The van der Waals surface area contributed by atoms with Gasteiger partial charge in [0.25, 0.3) is 5.56 Å². The van der Waals surface area contributed by atoms with E-state index >= 15 is 0 Å². The van der Waals surface area contributed by atoms with Gasteiger partial charge in [0.2, 0.25) is 0 Å². The molecule has 5 heteroatoms. The molecule has 0 spiro atoms. The fourth-order valence-corrected chi connectivity index (χ4v) is 2.67. The van der Waals surface area contributed by atoms with E-state index in [0.29, 0.717) is 11.1 Å². The van der Waals surface area contributed by atoms with E-state index in [-0.39, 0.29) is 11.1 Å². The SMILES string of the molecule is N#Cc1cnc(C2CCCS2)[nH]c1=O. The average molecular weight is 207 g/mol. The Bertz CT molecular complexity index is 428. The Balaban J connectivity index is 2.33. The number of nitrogens with one attached hydrogen (secondary N) is 1. The van der Waals surface area contributed by atoms with Crippen LogP contribution in [0.5, 0.6) is 0 Å². The van der Waals surface area contributed by atoms with E-state index in [1.54, 1.807) is 17.8 Å².